The molecule has 0 aromatic carbocycles. The summed E-state index contributed by atoms with van der Waals surface area (Å²) in [5.74, 6) is 2.06. The van der Waals surface area contributed by atoms with Crippen LogP contribution < -0.4 is 10.6 Å². The largest absolute Gasteiger partial charge is 0.382 e. The van der Waals surface area contributed by atoms with Crippen LogP contribution in [0.15, 0.2) is 12.4 Å². The molecule has 0 radical (unpaired) electrons. The van der Waals surface area contributed by atoms with E-state index in [0.717, 1.165) is 18.3 Å². The van der Waals surface area contributed by atoms with Crippen LogP contribution in [0.5, 0.6) is 0 Å². The van der Waals surface area contributed by atoms with E-state index in [4.69, 9.17) is 5.73 Å². The number of nitrogens with zero attached hydrogens (tertiary/aromatic N) is 4. The smallest absolute Gasteiger partial charge is 0.149 e. The Hall–Kier alpha value is -1.36. The van der Waals surface area contributed by atoms with Gasteiger partial charge in [-0.05, 0) is 25.9 Å². The van der Waals surface area contributed by atoms with Gasteiger partial charge in [0.25, 0.3) is 0 Å². The first-order valence-electron chi connectivity index (χ1n) is 5.62. The molecule has 1 aromatic heterocycles. The van der Waals surface area contributed by atoms with E-state index in [1.165, 1.54) is 19.5 Å². The molecule has 0 bridgehead atoms. The molecule has 1 aromatic rings. The normalized spacial score (nSPS) is 21.2. The molecule has 0 saturated carbocycles. The van der Waals surface area contributed by atoms with Crippen molar-refractivity contribution in [3.8, 4) is 0 Å². The van der Waals surface area contributed by atoms with Crippen LogP contribution >= 0.6 is 0 Å². The van der Waals surface area contributed by atoms with Gasteiger partial charge in [-0.3, -0.25) is 4.98 Å². The van der Waals surface area contributed by atoms with Crippen LogP contribution in [0.1, 0.15) is 6.42 Å². The molecule has 5 nitrogen and oxygen atoms in total. The molecule has 16 heavy (non-hydrogen) atoms. The maximum atomic E-state index is 5.62. The van der Waals surface area contributed by atoms with Crippen molar-refractivity contribution in [1.29, 1.82) is 0 Å². The molecule has 1 aliphatic rings. The number of nitrogens with two attached hydrogens (primary N) is 1. The zero-order valence-corrected chi connectivity index (χ0v) is 9.93. The van der Waals surface area contributed by atoms with Crippen molar-refractivity contribution in [2.24, 2.45) is 5.92 Å². The number of hydrogen-bond acceptors (Lipinski definition) is 5. The summed E-state index contributed by atoms with van der Waals surface area (Å²) in [4.78, 5) is 12.8. The van der Waals surface area contributed by atoms with Gasteiger partial charge in [0.15, 0.2) is 0 Å². The molecule has 2 N–H and O–H groups in total. The lowest BCUT2D eigenvalue weighted by atomic mass is 10.1. The summed E-state index contributed by atoms with van der Waals surface area (Å²) >= 11 is 0. The summed E-state index contributed by atoms with van der Waals surface area (Å²) in [6, 6.07) is 0. The van der Waals surface area contributed by atoms with E-state index in [2.05, 4.69) is 26.8 Å². The topological polar surface area (TPSA) is 58.3 Å². The molecule has 1 atom stereocenters. The van der Waals surface area contributed by atoms with E-state index < -0.39 is 0 Å². The number of aromatic nitrogens is 2. The van der Waals surface area contributed by atoms with Gasteiger partial charge in [0.05, 0.1) is 12.4 Å². The number of likely N-dealkylation sites (tertiary alicyclic amines) is 1. The van der Waals surface area contributed by atoms with Crippen LogP contribution in [0.2, 0.25) is 0 Å². The van der Waals surface area contributed by atoms with Crippen molar-refractivity contribution >= 4 is 11.6 Å². The molecule has 2 rings (SSSR count). The summed E-state index contributed by atoms with van der Waals surface area (Å²) in [6.07, 6.45) is 4.59. The average molecular weight is 221 g/mol. The van der Waals surface area contributed by atoms with Gasteiger partial charge >= 0.3 is 0 Å². The fourth-order valence-corrected chi connectivity index (χ4v) is 2.21. The van der Waals surface area contributed by atoms with E-state index in [-0.39, 0.29) is 0 Å². The van der Waals surface area contributed by atoms with Crippen LogP contribution in [0, 0.1) is 5.92 Å². The molecule has 1 saturated heterocycles. The minimum atomic E-state index is 0.480. The molecular formula is C11H19N5. The van der Waals surface area contributed by atoms with Gasteiger partial charge in [-0.2, -0.15) is 0 Å². The predicted molar refractivity (Wildman–Crippen MR) is 65.3 cm³/mol. The molecule has 0 amide bonds. The Kier molecular flexibility index (Phi) is 3.24. The van der Waals surface area contributed by atoms with E-state index >= 15 is 0 Å². The highest BCUT2D eigenvalue weighted by Crippen LogP contribution is 2.18. The minimum absolute atomic E-state index is 0.480. The van der Waals surface area contributed by atoms with Crippen LogP contribution in [0.25, 0.3) is 0 Å². The zero-order chi connectivity index (χ0) is 11.5. The fraction of sp³-hybridized carbons (Fsp3) is 0.636. The third-order valence-corrected chi connectivity index (χ3v) is 3.05. The first-order valence-corrected chi connectivity index (χ1v) is 5.62. The summed E-state index contributed by atoms with van der Waals surface area (Å²) in [6.45, 7) is 3.38. The first-order chi connectivity index (χ1) is 7.65. The molecule has 1 fully saturated rings. The highest BCUT2D eigenvalue weighted by molar-refractivity contribution is 5.40. The molecule has 0 aliphatic carbocycles. The predicted octanol–water partition coefficient (Wildman–Crippen LogP) is 0.447. The summed E-state index contributed by atoms with van der Waals surface area (Å²) < 4.78 is 0. The molecular weight excluding hydrogens is 202 g/mol. The third kappa shape index (κ3) is 2.61. The van der Waals surface area contributed by atoms with Crippen molar-refractivity contribution in [3.63, 3.8) is 0 Å². The number of anilines is 2. The molecule has 5 heteroatoms. The van der Waals surface area contributed by atoms with Gasteiger partial charge in [0.1, 0.15) is 11.6 Å². The Bertz CT molecular complexity index is 354. The highest BCUT2D eigenvalue weighted by atomic mass is 15.2. The lowest BCUT2D eigenvalue weighted by molar-refractivity contribution is 0.395. The number of nitrogen functional groups attached to an aromatic ring is 1. The van der Waals surface area contributed by atoms with Gasteiger partial charge in [-0.25, -0.2) is 4.98 Å². The molecule has 0 spiro atoms. The quantitative estimate of drug-likeness (QED) is 0.803. The Labute approximate surface area is 96.3 Å². The van der Waals surface area contributed by atoms with Crippen LogP contribution in [-0.4, -0.2) is 48.6 Å². The average Bonchev–Trinajstić information content (AvgIpc) is 2.64. The second kappa shape index (κ2) is 4.65. The Morgan fingerprint density at radius 2 is 2.38 bits per heavy atom. The van der Waals surface area contributed by atoms with Crippen molar-refractivity contribution in [3.05, 3.63) is 12.4 Å². The second-order valence-corrected chi connectivity index (χ2v) is 4.60. The number of rotatable bonds is 3. The SMILES string of the molecule is CN1CCC(CN(C)c2cncc(N)n2)C1. The third-order valence-electron chi connectivity index (χ3n) is 3.05. The molecule has 1 unspecified atom stereocenters. The Balaban J connectivity index is 1.95. The van der Waals surface area contributed by atoms with Crippen LogP contribution in [0.3, 0.4) is 0 Å². The lowest BCUT2D eigenvalue weighted by Gasteiger charge is -2.21. The maximum absolute atomic E-state index is 5.62. The Morgan fingerprint density at radius 3 is 3.00 bits per heavy atom. The molecule has 1 aliphatic heterocycles. The van der Waals surface area contributed by atoms with E-state index in [1.54, 1.807) is 12.4 Å². The summed E-state index contributed by atoms with van der Waals surface area (Å²) in [5.41, 5.74) is 5.62. The molecule has 2 heterocycles. The van der Waals surface area contributed by atoms with Crippen molar-refractivity contribution in [1.82, 2.24) is 14.9 Å². The fourth-order valence-electron chi connectivity index (χ4n) is 2.21. The van der Waals surface area contributed by atoms with Crippen LogP contribution in [0.4, 0.5) is 11.6 Å². The number of hydrogen-bond donors (Lipinski definition) is 1. The van der Waals surface area contributed by atoms with Crippen molar-refractivity contribution in [2.45, 2.75) is 6.42 Å². The van der Waals surface area contributed by atoms with Gasteiger partial charge in [0, 0.05) is 20.1 Å². The lowest BCUT2D eigenvalue weighted by Crippen LogP contribution is -2.28. The minimum Gasteiger partial charge on any atom is -0.382 e. The highest BCUT2D eigenvalue weighted by Gasteiger charge is 2.21. The van der Waals surface area contributed by atoms with E-state index in [9.17, 15) is 0 Å². The van der Waals surface area contributed by atoms with Gasteiger partial charge < -0.3 is 15.5 Å². The first kappa shape index (κ1) is 11.1. The maximum Gasteiger partial charge on any atom is 0.149 e. The van der Waals surface area contributed by atoms with E-state index in [1.807, 2.05) is 7.05 Å². The Morgan fingerprint density at radius 1 is 1.56 bits per heavy atom. The molecule has 88 valence electrons. The standard InChI is InChI=1S/C11H19N5/c1-15-4-3-9(7-15)8-16(2)11-6-13-5-10(12)14-11/h5-6,9H,3-4,7-8H2,1-2H3,(H2,12,14). The van der Waals surface area contributed by atoms with Crippen LogP contribution in [-0.2, 0) is 0 Å². The summed E-state index contributed by atoms with van der Waals surface area (Å²) in [5, 5.41) is 0. The van der Waals surface area contributed by atoms with Gasteiger partial charge in [-0.1, -0.05) is 0 Å². The second-order valence-electron chi connectivity index (χ2n) is 4.60. The zero-order valence-electron chi connectivity index (χ0n) is 9.93. The van der Waals surface area contributed by atoms with Crippen molar-refractivity contribution in [2.75, 3.05) is 44.4 Å². The monoisotopic (exact) mass is 221 g/mol. The van der Waals surface area contributed by atoms with Gasteiger partial charge in [0.2, 0.25) is 0 Å². The van der Waals surface area contributed by atoms with Gasteiger partial charge in [-0.15, -0.1) is 0 Å². The van der Waals surface area contributed by atoms with E-state index in [0.29, 0.717) is 5.82 Å². The van der Waals surface area contributed by atoms with Crippen molar-refractivity contribution < 1.29 is 0 Å². The summed E-state index contributed by atoms with van der Waals surface area (Å²) in [7, 11) is 4.21.